The zero-order valence-electron chi connectivity index (χ0n) is 8.70. The maximum Gasteiger partial charge on any atom is 0.244 e. The highest BCUT2D eigenvalue weighted by Gasteiger charge is 2.23. The first kappa shape index (κ1) is 9.30. The molecule has 1 unspecified atom stereocenters. The van der Waals surface area contributed by atoms with Crippen molar-refractivity contribution in [2.24, 2.45) is 0 Å². The molecule has 5 nitrogen and oxygen atoms in total. The number of rotatable bonds is 4. The second kappa shape index (κ2) is 3.48. The standard InChI is InChI=1S/C9H17N5/c1-3-6(2)14-8(10)12-9(13-14)11-7-4-5-7/h6-7H,3-5H2,1-2H3,(H3,10,11,12,13). The van der Waals surface area contributed by atoms with Crippen LogP contribution in [0.15, 0.2) is 0 Å². The van der Waals surface area contributed by atoms with Crippen molar-refractivity contribution in [3.05, 3.63) is 0 Å². The highest BCUT2D eigenvalue weighted by molar-refractivity contribution is 5.34. The molecular formula is C9H17N5. The van der Waals surface area contributed by atoms with E-state index in [9.17, 15) is 0 Å². The lowest BCUT2D eigenvalue weighted by molar-refractivity contribution is 0.485. The van der Waals surface area contributed by atoms with Crippen LogP contribution in [0.2, 0.25) is 0 Å². The largest absolute Gasteiger partial charge is 0.368 e. The summed E-state index contributed by atoms with van der Waals surface area (Å²) in [6.07, 6.45) is 3.45. The minimum atomic E-state index is 0.317. The van der Waals surface area contributed by atoms with Crippen LogP contribution in [0.25, 0.3) is 0 Å². The Morgan fingerprint density at radius 2 is 2.36 bits per heavy atom. The molecule has 0 radical (unpaired) electrons. The second-order valence-corrected chi connectivity index (χ2v) is 3.91. The zero-order chi connectivity index (χ0) is 10.1. The van der Waals surface area contributed by atoms with E-state index in [1.807, 2.05) is 0 Å². The molecule has 5 heteroatoms. The Kier molecular flexibility index (Phi) is 2.31. The van der Waals surface area contributed by atoms with Gasteiger partial charge in [-0.2, -0.15) is 4.98 Å². The third-order valence-corrected chi connectivity index (χ3v) is 2.58. The molecule has 78 valence electrons. The minimum Gasteiger partial charge on any atom is -0.368 e. The van der Waals surface area contributed by atoms with E-state index in [1.54, 1.807) is 4.68 Å². The van der Waals surface area contributed by atoms with Crippen LogP contribution < -0.4 is 11.1 Å². The number of nitrogens with one attached hydrogen (secondary N) is 1. The highest BCUT2D eigenvalue weighted by Crippen LogP contribution is 2.24. The Morgan fingerprint density at radius 3 is 2.93 bits per heavy atom. The van der Waals surface area contributed by atoms with E-state index in [0.717, 1.165) is 6.42 Å². The lowest BCUT2D eigenvalue weighted by atomic mass is 10.3. The van der Waals surface area contributed by atoms with Crippen LogP contribution in [-0.2, 0) is 0 Å². The maximum atomic E-state index is 5.76. The van der Waals surface area contributed by atoms with E-state index in [-0.39, 0.29) is 0 Å². The molecule has 0 bridgehead atoms. The number of aromatic nitrogens is 3. The van der Waals surface area contributed by atoms with Crippen molar-refractivity contribution in [2.75, 3.05) is 11.1 Å². The monoisotopic (exact) mass is 195 g/mol. The fourth-order valence-electron chi connectivity index (χ4n) is 1.30. The van der Waals surface area contributed by atoms with Crippen molar-refractivity contribution in [1.82, 2.24) is 14.8 Å². The average molecular weight is 195 g/mol. The SMILES string of the molecule is CCC(C)n1nc(NC2CC2)nc1N. The van der Waals surface area contributed by atoms with Gasteiger partial charge in [-0.05, 0) is 26.2 Å². The number of nitrogens with zero attached hydrogens (tertiary/aromatic N) is 3. The molecule has 0 spiro atoms. The fourth-order valence-corrected chi connectivity index (χ4v) is 1.30. The molecule has 1 aromatic rings. The normalized spacial score (nSPS) is 18.1. The predicted octanol–water partition coefficient (Wildman–Crippen LogP) is 1.41. The first-order valence-corrected chi connectivity index (χ1v) is 5.19. The minimum absolute atomic E-state index is 0.317. The first-order chi connectivity index (χ1) is 6.70. The van der Waals surface area contributed by atoms with Crippen molar-refractivity contribution < 1.29 is 0 Å². The van der Waals surface area contributed by atoms with Gasteiger partial charge in [-0.15, -0.1) is 5.10 Å². The Bertz CT molecular complexity index is 315. The number of nitrogen functional groups attached to an aromatic ring is 1. The van der Waals surface area contributed by atoms with Crippen molar-refractivity contribution in [3.8, 4) is 0 Å². The molecule has 0 aliphatic heterocycles. The van der Waals surface area contributed by atoms with Crippen molar-refractivity contribution in [3.63, 3.8) is 0 Å². The molecule has 1 aliphatic carbocycles. The van der Waals surface area contributed by atoms with Crippen molar-refractivity contribution in [2.45, 2.75) is 45.2 Å². The van der Waals surface area contributed by atoms with E-state index in [1.165, 1.54) is 12.8 Å². The predicted molar refractivity (Wildman–Crippen MR) is 56.1 cm³/mol. The summed E-state index contributed by atoms with van der Waals surface area (Å²) >= 11 is 0. The quantitative estimate of drug-likeness (QED) is 0.762. The topological polar surface area (TPSA) is 68.8 Å². The van der Waals surface area contributed by atoms with E-state index in [0.29, 0.717) is 24.0 Å². The molecule has 1 atom stereocenters. The van der Waals surface area contributed by atoms with E-state index < -0.39 is 0 Å². The van der Waals surface area contributed by atoms with Gasteiger partial charge in [0.2, 0.25) is 11.9 Å². The third-order valence-electron chi connectivity index (χ3n) is 2.58. The molecule has 0 amide bonds. The van der Waals surface area contributed by atoms with Crippen LogP contribution in [-0.4, -0.2) is 20.8 Å². The molecular weight excluding hydrogens is 178 g/mol. The van der Waals surface area contributed by atoms with E-state index >= 15 is 0 Å². The summed E-state index contributed by atoms with van der Waals surface area (Å²) in [5.74, 6) is 1.17. The summed E-state index contributed by atoms with van der Waals surface area (Å²) < 4.78 is 1.78. The van der Waals surface area contributed by atoms with Crippen LogP contribution in [0.3, 0.4) is 0 Å². The van der Waals surface area contributed by atoms with Gasteiger partial charge in [0.1, 0.15) is 0 Å². The van der Waals surface area contributed by atoms with Gasteiger partial charge in [0.25, 0.3) is 0 Å². The molecule has 3 N–H and O–H groups in total. The Morgan fingerprint density at radius 1 is 1.64 bits per heavy atom. The molecule has 1 fully saturated rings. The highest BCUT2D eigenvalue weighted by atomic mass is 15.4. The Balaban J connectivity index is 2.11. The summed E-state index contributed by atoms with van der Waals surface area (Å²) in [7, 11) is 0. The molecule has 1 heterocycles. The Hall–Kier alpha value is -1.26. The van der Waals surface area contributed by atoms with Gasteiger partial charge in [-0.1, -0.05) is 6.92 Å². The summed E-state index contributed by atoms with van der Waals surface area (Å²) in [6.45, 7) is 4.20. The van der Waals surface area contributed by atoms with Gasteiger partial charge in [0, 0.05) is 6.04 Å². The third kappa shape index (κ3) is 1.81. The van der Waals surface area contributed by atoms with E-state index in [2.05, 4.69) is 29.2 Å². The number of nitrogens with two attached hydrogens (primary N) is 1. The van der Waals surface area contributed by atoms with E-state index in [4.69, 9.17) is 5.73 Å². The average Bonchev–Trinajstić information content (AvgIpc) is 2.89. The molecule has 14 heavy (non-hydrogen) atoms. The van der Waals surface area contributed by atoms with Crippen molar-refractivity contribution >= 4 is 11.9 Å². The summed E-state index contributed by atoms with van der Waals surface area (Å²) in [6, 6.07) is 0.888. The summed E-state index contributed by atoms with van der Waals surface area (Å²) in [5.41, 5.74) is 5.76. The van der Waals surface area contributed by atoms with Gasteiger partial charge < -0.3 is 11.1 Å². The first-order valence-electron chi connectivity index (χ1n) is 5.19. The molecule has 2 rings (SSSR count). The van der Waals surface area contributed by atoms with Gasteiger partial charge in [0.15, 0.2) is 0 Å². The molecule has 1 saturated carbocycles. The van der Waals surface area contributed by atoms with Gasteiger partial charge in [0.05, 0.1) is 6.04 Å². The number of hydrogen-bond donors (Lipinski definition) is 2. The second-order valence-electron chi connectivity index (χ2n) is 3.91. The smallest absolute Gasteiger partial charge is 0.244 e. The lowest BCUT2D eigenvalue weighted by Crippen LogP contribution is -2.10. The molecule has 0 saturated heterocycles. The van der Waals surface area contributed by atoms with Crippen LogP contribution in [0.4, 0.5) is 11.9 Å². The molecule has 1 aromatic heterocycles. The van der Waals surface area contributed by atoms with Gasteiger partial charge in [-0.25, -0.2) is 4.68 Å². The van der Waals surface area contributed by atoms with Crippen LogP contribution in [0.5, 0.6) is 0 Å². The molecule has 0 aromatic carbocycles. The maximum absolute atomic E-state index is 5.76. The summed E-state index contributed by atoms with van der Waals surface area (Å²) in [5, 5.41) is 7.56. The van der Waals surface area contributed by atoms with Crippen molar-refractivity contribution in [1.29, 1.82) is 0 Å². The van der Waals surface area contributed by atoms with Crippen LogP contribution in [0.1, 0.15) is 39.2 Å². The van der Waals surface area contributed by atoms with Crippen LogP contribution in [0, 0.1) is 0 Å². The summed E-state index contributed by atoms with van der Waals surface area (Å²) in [4.78, 5) is 4.18. The molecule has 1 aliphatic rings. The fraction of sp³-hybridized carbons (Fsp3) is 0.778. The zero-order valence-corrected chi connectivity index (χ0v) is 8.70. The number of hydrogen-bond acceptors (Lipinski definition) is 4. The number of anilines is 2. The Labute approximate surface area is 83.7 Å². The van der Waals surface area contributed by atoms with Crippen LogP contribution >= 0.6 is 0 Å². The van der Waals surface area contributed by atoms with Gasteiger partial charge in [-0.3, -0.25) is 0 Å². The van der Waals surface area contributed by atoms with Gasteiger partial charge >= 0.3 is 0 Å². The lowest BCUT2D eigenvalue weighted by Gasteiger charge is -2.08.